The van der Waals surface area contributed by atoms with Crippen LogP contribution >= 0.6 is 11.8 Å². The van der Waals surface area contributed by atoms with Crippen molar-refractivity contribution in [2.24, 2.45) is 0 Å². The van der Waals surface area contributed by atoms with E-state index in [4.69, 9.17) is 9.47 Å². The van der Waals surface area contributed by atoms with E-state index in [9.17, 15) is 10.1 Å². The van der Waals surface area contributed by atoms with Gasteiger partial charge < -0.3 is 9.47 Å². The highest BCUT2D eigenvalue weighted by Gasteiger charge is 2.26. The minimum Gasteiger partial charge on any atom is -0.493 e. The number of aromatic nitrogens is 2. The zero-order chi connectivity index (χ0) is 18.5. The Morgan fingerprint density at radius 2 is 1.73 bits per heavy atom. The number of nitro groups is 1. The third kappa shape index (κ3) is 3.92. The normalized spacial score (nSPS) is 10.4. The SMILES string of the molecule is COc1ccccc1Oc1ncnc(Sc2ccc(C)cc2)c1[N+](=O)[O-]. The summed E-state index contributed by atoms with van der Waals surface area (Å²) in [6, 6.07) is 14.5. The minimum absolute atomic E-state index is 0.135. The van der Waals surface area contributed by atoms with Gasteiger partial charge in [-0.3, -0.25) is 10.1 Å². The zero-order valence-corrected chi connectivity index (χ0v) is 14.9. The fraction of sp³-hybridized carbons (Fsp3) is 0.111. The molecule has 0 spiro atoms. The molecule has 0 atom stereocenters. The van der Waals surface area contributed by atoms with Crippen LogP contribution in [0.2, 0.25) is 0 Å². The number of nitrogens with zero attached hydrogens (tertiary/aromatic N) is 3. The molecule has 0 amide bonds. The van der Waals surface area contributed by atoms with Crippen LogP contribution in [0.25, 0.3) is 0 Å². The lowest BCUT2D eigenvalue weighted by atomic mass is 10.2. The van der Waals surface area contributed by atoms with Gasteiger partial charge in [0, 0.05) is 4.90 Å². The minimum atomic E-state index is -0.540. The quantitative estimate of drug-likeness (QED) is 0.355. The highest BCUT2D eigenvalue weighted by molar-refractivity contribution is 7.99. The van der Waals surface area contributed by atoms with Crippen molar-refractivity contribution in [3.8, 4) is 17.4 Å². The molecule has 26 heavy (non-hydrogen) atoms. The standard InChI is InChI=1S/C18H15N3O4S/c1-12-7-9-13(10-8-12)26-18-16(21(22)23)17(19-11-20-18)25-15-6-4-3-5-14(15)24-2/h3-11H,1-2H3. The topological polar surface area (TPSA) is 87.4 Å². The van der Waals surface area contributed by atoms with Crippen molar-refractivity contribution < 1.29 is 14.4 Å². The van der Waals surface area contributed by atoms with E-state index in [1.165, 1.54) is 25.2 Å². The number of ether oxygens (including phenoxy) is 2. The number of rotatable bonds is 6. The van der Waals surface area contributed by atoms with Gasteiger partial charge in [-0.2, -0.15) is 4.98 Å². The van der Waals surface area contributed by atoms with Gasteiger partial charge in [0.2, 0.25) is 0 Å². The third-order valence-corrected chi connectivity index (χ3v) is 4.45. The van der Waals surface area contributed by atoms with E-state index in [0.717, 1.165) is 10.5 Å². The van der Waals surface area contributed by atoms with Crippen LogP contribution < -0.4 is 9.47 Å². The van der Waals surface area contributed by atoms with E-state index < -0.39 is 4.92 Å². The first-order chi connectivity index (χ1) is 12.6. The van der Waals surface area contributed by atoms with Crippen molar-refractivity contribution in [1.82, 2.24) is 9.97 Å². The lowest BCUT2D eigenvalue weighted by Gasteiger charge is -2.10. The fourth-order valence-electron chi connectivity index (χ4n) is 2.18. The summed E-state index contributed by atoms with van der Waals surface area (Å²) in [6.07, 6.45) is 1.24. The van der Waals surface area contributed by atoms with Gasteiger partial charge in [0.05, 0.1) is 12.0 Å². The maximum atomic E-state index is 11.6. The van der Waals surface area contributed by atoms with E-state index in [0.29, 0.717) is 11.5 Å². The monoisotopic (exact) mass is 369 g/mol. The van der Waals surface area contributed by atoms with Crippen LogP contribution in [0, 0.1) is 17.0 Å². The van der Waals surface area contributed by atoms with Crippen molar-refractivity contribution in [1.29, 1.82) is 0 Å². The van der Waals surface area contributed by atoms with Gasteiger partial charge in [-0.25, -0.2) is 4.98 Å². The maximum absolute atomic E-state index is 11.6. The molecule has 0 aliphatic carbocycles. The average molecular weight is 369 g/mol. The molecule has 132 valence electrons. The van der Waals surface area contributed by atoms with Gasteiger partial charge in [-0.05, 0) is 31.2 Å². The van der Waals surface area contributed by atoms with Gasteiger partial charge in [0.15, 0.2) is 16.5 Å². The van der Waals surface area contributed by atoms with E-state index in [1.54, 1.807) is 24.3 Å². The van der Waals surface area contributed by atoms with Gasteiger partial charge >= 0.3 is 11.6 Å². The van der Waals surface area contributed by atoms with Crippen LogP contribution in [-0.4, -0.2) is 22.0 Å². The number of aryl methyl sites for hydroxylation is 1. The second-order valence-corrected chi connectivity index (χ2v) is 6.32. The molecule has 0 saturated heterocycles. The smallest absolute Gasteiger partial charge is 0.363 e. The highest BCUT2D eigenvalue weighted by atomic mass is 32.2. The summed E-state index contributed by atoms with van der Waals surface area (Å²) >= 11 is 1.18. The van der Waals surface area contributed by atoms with Crippen LogP contribution in [0.5, 0.6) is 17.4 Å². The van der Waals surface area contributed by atoms with Crippen LogP contribution in [0.15, 0.2) is 64.8 Å². The molecule has 8 heteroatoms. The van der Waals surface area contributed by atoms with Crippen molar-refractivity contribution >= 4 is 17.4 Å². The number of benzene rings is 2. The molecule has 2 aromatic carbocycles. The van der Waals surface area contributed by atoms with E-state index in [2.05, 4.69) is 9.97 Å². The number of hydrogen-bond acceptors (Lipinski definition) is 7. The molecule has 0 unspecified atom stereocenters. The average Bonchev–Trinajstić information content (AvgIpc) is 2.64. The van der Waals surface area contributed by atoms with Gasteiger partial charge in [-0.15, -0.1) is 0 Å². The van der Waals surface area contributed by atoms with E-state index >= 15 is 0 Å². The molecular weight excluding hydrogens is 354 g/mol. The Morgan fingerprint density at radius 3 is 2.38 bits per heavy atom. The van der Waals surface area contributed by atoms with Crippen molar-refractivity contribution in [2.75, 3.05) is 7.11 Å². The predicted octanol–water partition coefficient (Wildman–Crippen LogP) is 4.65. The zero-order valence-electron chi connectivity index (χ0n) is 14.1. The largest absolute Gasteiger partial charge is 0.493 e. The first-order valence-corrected chi connectivity index (χ1v) is 8.45. The van der Waals surface area contributed by atoms with Crippen molar-refractivity contribution in [3.05, 3.63) is 70.5 Å². The molecule has 0 aliphatic rings. The molecule has 0 N–H and O–H groups in total. The molecule has 0 bridgehead atoms. The maximum Gasteiger partial charge on any atom is 0.363 e. The molecule has 7 nitrogen and oxygen atoms in total. The van der Waals surface area contributed by atoms with Crippen molar-refractivity contribution in [3.63, 3.8) is 0 Å². The first-order valence-electron chi connectivity index (χ1n) is 7.63. The van der Waals surface area contributed by atoms with Gasteiger partial charge in [0.25, 0.3) is 0 Å². The van der Waals surface area contributed by atoms with Crippen LogP contribution in [0.1, 0.15) is 5.56 Å². The Bertz CT molecular complexity index is 932. The lowest BCUT2D eigenvalue weighted by Crippen LogP contribution is -2.00. The summed E-state index contributed by atoms with van der Waals surface area (Å²) in [5.41, 5.74) is 0.815. The molecule has 1 aromatic heterocycles. The summed E-state index contributed by atoms with van der Waals surface area (Å²) in [5, 5.41) is 11.8. The first kappa shape index (κ1) is 17.7. The highest BCUT2D eigenvalue weighted by Crippen LogP contribution is 2.40. The Morgan fingerprint density at radius 1 is 1.04 bits per heavy atom. The second kappa shape index (κ2) is 7.83. The molecule has 0 aliphatic heterocycles. The molecule has 1 heterocycles. The summed E-state index contributed by atoms with van der Waals surface area (Å²) in [4.78, 5) is 19.9. The van der Waals surface area contributed by atoms with Gasteiger partial charge in [-0.1, -0.05) is 41.6 Å². The van der Waals surface area contributed by atoms with Crippen LogP contribution in [0.3, 0.4) is 0 Å². The Hall–Kier alpha value is -3.13. The van der Waals surface area contributed by atoms with Crippen LogP contribution in [-0.2, 0) is 0 Å². The summed E-state index contributed by atoms with van der Waals surface area (Å²) in [7, 11) is 1.50. The number of hydrogen-bond donors (Lipinski definition) is 0. The third-order valence-electron chi connectivity index (χ3n) is 3.45. The summed E-state index contributed by atoms with van der Waals surface area (Å²) in [6.45, 7) is 1.97. The summed E-state index contributed by atoms with van der Waals surface area (Å²) in [5.74, 6) is 0.653. The molecule has 0 saturated carbocycles. The fourth-order valence-corrected chi connectivity index (χ4v) is 3.03. The van der Waals surface area contributed by atoms with Crippen molar-refractivity contribution in [2.45, 2.75) is 16.8 Å². The number of para-hydroxylation sites is 2. The lowest BCUT2D eigenvalue weighted by molar-refractivity contribution is -0.389. The Labute approximate surface area is 154 Å². The Balaban J connectivity index is 1.98. The molecular formula is C18H15N3O4S. The molecule has 3 aromatic rings. The van der Waals surface area contributed by atoms with E-state index in [-0.39, 0.29) is 16.6 Å². The number of methoxy groups -OCH3 is 1. The molecule has 0 fully saturated rings. The van der Waals surface area contributed by atoms with Gasteiger partial charge in [0.1, 0.15) is 6.33 Å². The molecule has 3 rings (SSSR count). The molecule has 0 radical (unpaired) electrons. The van der Waals surface area contributed by atoms with E-state index in [1.807, 2.05) is 31.2 Å². The second-order valence-electron chi connectivity index (χ2n) is 5.26. The Kier molecular flexibility index (Phi) is 5.33. The van der Waals surface area contributed by atoms with Crippen LogP contribution in [0.4, 0.5) is 5.69 Å². The predicted molar refractivity (Wildman–Crippen MR) is 97.1 cm³/mol. The summed E-state index contributed by atoms with van der Waals surface area (Å²) < 4.78 is 10.9.